The second-order valence-electron chi connectivity index (χ2n) is 4.65. The summed E-state index contributed by atoms with van der Waals surface area (Å²) < 4.78 is 0. The summed E-state index contributed by atoms with van der Waals surface area (Å²) in [6.07, 6.45) is 0. The lowest BCUT2D eigenvalue weighted by Crippen LogP contribution is -2.39. The number of nitrogens with zero attached hydrogens (tertiary/aromatic N) is 1. The van der Waals surface area contributed by atoms with Gasteiger partial charge in [0.2, 0.25) is 0 Å². The van der Waals surface area contributed by atoms with E-state index in [1.54, 1.807) is 0 Å². The summed E-state index contributed by atoms with van der Waals surface area (Å²) in [6, 6.07) is 8.18. The third kappa shape index (κ3) is 2.92. The molecule has 2 N–H and O–H groups in total. The SMILES string of the molecule is CC1CN(Cc2ccccc2N)CC(C)S1. The van der Waals surface area contributed by atoms with E-state index in [2.05, 4.69) is 42.6 Å². The molecule has 1 heterocycles. The molecule has 2 atom stereocenters. The van der Waals surface area contributed by atoms with Crippen LogP contribution >= 0.6 is 11.8 Å². The van der Waals surface area contributed by atoms with Gasteiger partial charge in [-0.1, -0.05) is 32.0 Å². The van der Waals surface area contributed by atoms with E-state index in [1.165, 1.54) is 18.7 Å². The second-order valence-corrected chi connectivity index (χ2v) is 6.53. The average Bonchev–Trinajstić information content (AvgIpc) is 2.20. The molecule has 0 aromatic heterocycles. The Bertz CT molecular complexity index is 344. The van der Waals surface area contributed by atoms with E-state index in [4.69, 9.17) is 5.73 Å². The first-order valence-corrected chi connectivity index (χ1v) is 6.80. The van der Waals surface area contributed by atoms with Crippen LogP contribution in [0.15, 0.2) is 24.3 Å². The lowest BCUT2D eigenvalue weighted by Gasteiger charge is -2.34. The third-order valence-electron chi connectivity index (χ3n) is 2.94. The number of nitrogens with two attached hydrogens (primary N) is 1. The molecule has 16 heavy (non-hydrogen) atoms. The molecule has 2 unspecified atom stereocenters. The molecule has 1 aliphatic rings. The fourth-order valence-corrected chi connectivity index (χ4v) is 3.72. The van der Waals surface area contributed by atoms with E-state index in [1.807, 2.05) is 12.1 Å². The zero-order valence-electron chi connectivity index (χ0n) is 10.0. The number of benzene rings is 1. The summed E-state index contributed by atoms with van der Waals surface area (Å²) in [5.41, 5.74) is 8.15. The normalized spacial score (nSPS) is 26.9. The number of nitrogen functional groups attached to an aromatic ring is 1. The van der Waals surface area contributed by atoms with Crippen LogP contribution in [0.2, 0.25) is 0 Å². The second kappa shape index (κ2) is 5.11. The molecule has 1 aromatic rings. The van der Waals surface area contributed by atoms with Crippen LogP contribution in [0.5, 0.6) is 0 Å². The molecule has 1 aromatic carbocycles. The lowest BCUT2D eigenvalue weighted by atomic mass is 10.1. The van der Waals surface area contributed by atoms with Crippen molar-refractivity contribution in [3.8, 4) is 0 Å². The molecule has 0 bridgehead atoms. The highest BCUT2D eigenvalue weighted by Crippen LogP contribution is 2.26. The molecular formula is C13H20N2S. The van der Waals surface area contributed by atoms with Crippen LogP contribution in [0, 0.1) is 0 Å². The number of para-hydroxylation sites is 1. The third-order valence-corrected chi connectivity index (χ3v) is 4.17. The van der Waals surface area contributed by atoms with Gasteiger partial charge in [-0.15, -0.1) is 0 Å². The summed E-state index contributed by atoms with van der Waals surface area (Å²) >= 11 is 2.09. The van der Waals surface area contributed by atoms with E-state index in [0.717, 1.165) is 22.7 Å². The fraction of sp³-hybridized carbons (Fsp3) is 0.538. The van der Waals surface area contributed by atoms with Crippen molar-refractivity contribution in [3.05, 3.63) is 29.8 Å². The minimum absolute atomic E-state index is 0.730. The van der Waals surface area contributed by atoms with Crippen molar-refractivity contribution >= 4 is 17.4 Å². The number of hydrogen-bond acceptors (Lipinski definition) is 3. The van der Waals surface area contributed by atoms with Gasteiger partial charge >= 0.3 is 0 Å². The molecule has 0 spiro atoms. The van der Waals surface area contributed by atoms with E-state index in [9.17, 15) is 0 Å². The Balaban J connectivity index is 2.02. The number of anilines is 1. The molecule has 1 saturated heterocycles. The summed E-state index contributed by atoms with van der Waals surface area (Å²) in [4.78, 5) is 2.51. The summed E-state index contributed by atoms with van der Waals surface area (Å²) in [5.74, 6) is 0. The minimum Gasteiger partial charge on any atom is -0.398 e. The number of hydrogen-bond donors (Lipinski definition) is 1. The van der Waals surface area contributed by atoms with Gasteiger partial charge in [0, 0.05) is 35.8 Å². The topological polar surface area (TPSA) is 29.3 Å². The molecule has 3 heteroatoms. The van der Waals surface area contributed by atoms with Gasteiger partial charge in [-0.3, -0.25) is 4.90 Å². The summed E-state index contributed by atoms with van der Waals surface area (Å²) in [6.45, 7) is 7.94. The highest BCUT2D eigenvalue weighted by molar-refractivity contribution is 8.00. The van der Waals surface area contributed by atoms with Crippen molar-refractivity contribution in [3.63, 3.8) is 0 Å². The smallest absolute Gasteiger partial charge is 0.0359 e. The van der Waals surface area contributed by atoms with Crippen molar-refractivity contribution in [2.24, 2.45) is 0 Å². The molecular weight excluding hydrogens is 216 g/mol. The Morgan fingerprint density at radius 1 is 1.25 bits per heavy atom. The summed E-state index contributed by atoms with van der Waals surface area (Å²) in [7, 11) is 0. The maximum Gasteiger partial charge on any atom is 0.0359 e. The molecule has 1 fully saturated rings. The van der Waals surface area contributed by atoms with Crippen molar-refractivity contribution in [1.82, 2.24) is 4.90 Å². The molecule has 0 aliphatic carbocycles. The Kier molecular flexibility index (Phi) is 3.77. The van der Waals surface area contributed by atoms with Gasteiger partial charge in [-0.05, 0) is 11.6 Å². The van der Waals surface area contributed by atoms with Crippen molar-refractivity contribution < 1.29 is 0 Å². The Hall–Kier alpha value is -0.670. The molecule has 0 saturated carbocycles. The standard InChI is InChI=1S/C13H20N2S/c1-10-7-15(8-11(2)16-10)9-12-5-3-4-6-13(12)14/h3-6,10-11H,7-9,14H2,1-2H3. The Morgan fingerprint density at radius 2 is 1.88 bits per heavy atom. The van der Waals surface area contributed by atoms with Gasteiger partial charge < -0.3 is 5.73 Å². The van der Waals surface area contributed by atoms with Gasteiger partial charge in [0.15, 0.2) is 0 Å². The molecule has 88 valence electrons. The predicted molar refractivity (Wildman–Crippen MR) is 72.6 cm³/mol. The maximum atomic E-state index is 5.98. The minimum atomic E-state index is 0.730. The Labute approximate surface area is 102 Å². The van der Waals surface area contributed by atoms with Gasteiger partial charge in [-0.2, -0.15) is 11.8 Å². The average molecular weight is 236 g/mol. The van der Waals surface area contributed by atoms with Crippen molar-refractivity contribution in [2.45, 2.75) is 30.9 Å². The molecule has 0 amide bonds. The molecule has 1 aliphatic heterocycles. The molecule has 0 radical (unpaired) electrons. The molecule has 2 nitrogen and oxygen atoms in total. The highest BCUT2D eigenvalue weighted by atomic mass is 32.2. The van der Waals surface area contributed by atoms with Crippen LogP contribution < -0.4 is 5.73 Å². The van der Waals surface area contributed by atoms with Crippen LogP contribution in [0.25, 0.3) is 0 Å². The van der Waals surface area contributed by atoms with Crippen molar-refractivity contribution in [2.75, 3.05) is 18.8 Å². The highest BCUT2D eigenvalue weighted by Gasteiger charge is 2.22. The van der Waals surface area contributed by atoms with Crippen LogP contribution in [0.4, 0.5) is 5.69 Å². The van der Waals surface area contributed by atoms with Gasteiger partial charge in [0.25, 0.3) is 0 Å². The quantitative estimate of drug-likeness (QED) is 0.800. The van der Waals surface area contributed by atoms with Gasteiger partial charge in [0.05, 0.1) is 0 Å². The first kappa shape index (κ1) is 11.8. The van der Waals surface area contributed by atoms with Crippen LogP contribution in [-0.2, 0) is 6.54 Å². The Morgan fingerprint density at radius 3 is 2.50 bits per heavy atom. The van der Waals surface area contributed by atoms with Gasteiger partial charge in [-0.25, -0.2) is 0 Å². The predicted octanol–water partition coefficient (Wildman–Crippen LogP) is 2.59. The van der Waals surface area contributed by atoms with Gasteiger partial charge in [0.1, 0.15) is 0 Å². The van der Waals surface area contributed by atoms with E-state index in [0.29, 0.717) is 0 Å². The van der Waals surface area contributed by atoms with Crippen molar-refractivity contribution in [1.29, 1.82) is 0 Å². The first-order chi connectivity index (χ1) is 7.65. The molecule has 2 rings (SSSR count). The zero-order chi connectivity index (χ0) is 11.5. The number of rotatable bonds is 2. The lowest BCUT2D eigenvalue weighted by molar-refractivity contribution is 0.263. The maximum absolute atomic E-state index is 5.98. The van der Waals surface area contributed by atoms with Crippen LogP contribution in [0.1, 0.15) is 19.4 Å². The fourth-order valence-electron chi connectivity index (χ4n) is 2.33. The van der Waals surface area contributed by atoms with Crippen LogP contribution in [0.3, 0.4) is 0 Å². The first-order valence-electron chi connectivity index (χ1n) is 5.86. The van der Waals surface area contributed by atoms with E-state index < -0.39 is 0 Å². The largest absolute Gasteiger partial charge is 0.398 e. The monoisotopic (exact) mass is 236 g/mol. The zero-order valence-corrected chi connectivity index (χ0v) is 10.8. The van der Waals surface area contributed by atoms with E-state index in [-0.39, 0.29) is 0 Å². The number of thioether (sulfide) groups is 1. The summed E-state index contributed by atoms with van der Waals surface area (Å²) in [5, 5.41) is 1.46. The van der Waals surface area contributed by atoms with E-state index >= 15 is 0 Å². The van der Waals surface area contributed by atoms with Crippen LogP contribution in [-0.4, -0.2) is 28.5 Å².